The Balaban J connectivity index is 1.46. The first-order chi connectivity index (χ1) is 11.2. The van der Waals surface area contributed by atoms with Crippen LogP contribution in [0, 0.1) is 5.92 Å². The van der Waals surface area contributed by atoms with Crippen molar-refractivity contribution in [3.05, 3.63) is 15.6 Å². The number of hydrogen-bond acceptors (Lipinski definition) is 4. The Morgan fingerprint density at radius 2 is 2.17 bits per heavy atom. The second kappa shape index (κ2) is 7.43. The van der Waals surface area contributed by atoms with E-state index in [-0.39, 0.29) is 17.7 Å². The molecule has 5 nitrogen and oxygen atoms in total. The van der Waals surface area contributed by atoms with Gasteiger partial charge in [-0.3, -0.25) is 9.59 Å². The molecular formula is C17H25N3O2S. The topological polar surface area (TPSA) is 62.3 Å². The lowest BCUT2D eigenvalue weighted by Gasteiger charge is -2.30. The van der Waals surface area contributed by atoms with E-state index >= 15 is 0 Å². The van der Waals surface area contributed by atoms with Gasteiger partial charge in [-0.2, -0.15) is 0 Å². The molecule has 2 aliphatic rings. The van der Waals surface area contributed by atoms with Gasteiger partial charge in [0.25, 0.3) is 0 Å². The molecule has 1 atom stereocenters. The van der Waals surface area contributed by atoms with Crippen molar-refractivity contribution in [3.63, 3.8) is 0 Å². The van der Waals surface area contributed by atoms with Gasteiger partial charge in [-0.05, 0) is 39.0 Å². The number of hydrogen-bond donors (Lipinski definition) is 1. The van der Waals surface area contributed by atoms with Crippen molar-refractivity contribution >= 4 is 23.2 Å². The predicted octanol–water partition coefficient (Wildman–Crippen LogP) is 1.94. The van der Waals surface area contributed by atoms with Crippen LogP contribution in [0.2, 0.25) is 0 Å². The Morgan fingerprint density at radius 1 is 1.35 bits per heavy atom. The Kier molecular flexibility index (Phi) is 5.30. The van der Waals surface area contributed by atoms with E-state index in [0.29, 0.717) is 32.5 Å². The number of nitrogens with one attached hydrogen (secondary N) is 1. The summed E-state index contributed by atoms with van der Waals surface area (Å²) < 4.78 is 0. The Hall–Kier alpha value is -1.43. The van der Waals surface area contributed by atoms with Gasteiger partial charge in [0.15, 0.2) is 0 Å². The van der Waals surface area contributed by atoms with Gasteiger partial charge >= 0.3 is 0 Å². The lowest BCUT2D eigenvalue weighted by atomic mass is 9.96. The summed E-state index contributed by atoms with van der Waals surface area (Å²) >= 11 is 1.81. The van der Waals surface area contributed by atoms with Gasteiger partial charge in [0.05, 0.1) is 16.6 Å². The van der Waals surface area contributed by atoms with Gasteiger partial charge in [-0.25, -0.2) is 4.98 Å². The summed E-state index contributed by atoms with van der Waals surface area (Å²) in [6, 6.07) is 0. The van der Waals surface area contributed by atoms with Crippen LogP contribution < -0.4 is 5.32 Å². The molecule has 1 aliphatic carbocycles. The molecule has 3 rings (SSSR count). The molecule has 126 valence electrons. The average Bonchev–Trinajstić information content (AvgIpc) is 2.97. The molecular weight excluding hydrogens is 310 g/mol. The molecule has 0 saturated carbocycles. The van der Waals surface area contributed by atoms with Gasteiger partial charge in [-0.15, -0.1) is 11.3 Å². The number of carbonyl (C=O) groups excluding carboxylic acids is 2. The Morgan fingerprint density at radius 3 is 2.96 bits per heavy atom. The molecule has 1 aromatic rings. The van der Waals surface area contributed by atoms with Gasteiger partial charge in [-0.1, -0.05) is 0 Å². The average molecular weight is 335 g/mol. The van der Waals surface area contributed by atoms with Crippen LogP contribution >= 0.6 is 11.3 Å². The smallest absolute Gasteiger partial charge is 0.224 e. The quantitative estimate of drug-likeness (QED) is 0.894. The number of carbonyl (C=O) groups is 2. The van der Waals surface area contributed by atoms with Crippen molar-refractivity contribution in [1.29, 1.82) is 0 Å². The van der Waals surface area contributed by atoms with E-state index in [9.17, 15) is 9.59 Å². The molecule has 23 heavy (non-hydrogen) atoms. The molecule has 0 aromatic carbocycles. The number of likely N-dealkylation sites (tertiary alicyclic amines) is 1. The molecule has 1 aromatic heterocycles. The summed E-state index contributed by atoms with van der Waals surface area (Å²) in [5, 5.41) is 4.18. The number of aryl methyl sites for hydroxylation is 2. The standard InChI is InChI=1S/C17H25N3O2S/c1-2-20-11-12(7-8-16(20)21)17(22)18-10-9-15-19-13-5-3-4-6-14(13)23-15/h12H,2-11H2,1H3,(H,18,22). The van der Waals surface area contributed by atoms with Crippen LogP contribution in [0.15, 0.2) is 0 Å². The zero-order valence-corrected chi connectivity index (χ0v) is 14.6. The summed E-state index contributed by atoms with van der Waals surface area (Å²) in [5.74, 6) is 0.194. The van der Waals surface area contributed by atoms with E-state index < -0.39 is 0 Å². The summed E-state index contributed by atoms with van der Waals surface area (Å²) in [4.78, 5) is 31.9. The second-order valence-corrected chi connectivity index (χ2v) is 7.56. The van der Waals surface area contributed by atoms with Gasteiger partial charge in [0.1, 0.15) is 0 Å². The first kappa shape index (κ1) is 16.4. The van der Waals surface area contributed by atoms with Crippen molar-refractivity contribution in [2.75, 3.05) is 19.6 Å². The number of amides is 2. The molecule has 0 bridgehead atoms. The fourth-order valence-corrected chi connectivity index (χ4v) is 4.54. The van der Waals surface area contributed by atoms with Crippen molar-refractivity contribution in [3.8, 4) is 0 Å². The van der Waals surface area contributed by atoms with Crippen LogP contribution in [-0.4, -0.2) is 41.3 Å². The van der Waals surface area contributed by atoms with Crippen molar-refractivity contribution in [2.45, 2.75) is 51.9 Å². The summed E-state index contributed by atoms with van der Waals surface area (Å²) in [5.41, 5.74) is 1.28. The summed E-state index contributed by atoms with van der Waals surface area (Å²) in [7, 11) is 0. The van der Waals surface area contributed by atoms with Crippen molar-refractivity contribution < 1.29 is 9.59 Å². The number of aromatic nitrogens is 1. The SMILES string of the molecule is CCN1CC(C(=O)NCCc2nc3c(s2)CCCC3)CCC1=O. The maximum atomic E-state index is 12.3. The minimum Gasteiger partial charge on any atom is -0.355 e. The highest BCUT2D eigenvalue weighted by molar-refractivity contribution is 7.11. The number of rotatable bonds is 5. The van der Waals surface area contributed by atoms with Crippen molar-refractivity contribution in [2.24, 2.45) is 5.92 Å². The zero-order chi connectivity index (χ0) is 16.2. The Labute approximate surface area is 141 Å². The van der Waals surface area contributed by atoms with E-state index in [0.717, 1.165) is 17.8 Å². The summed E-state index contributed by atoms with van der Waals surface area (Å²) in [6.45, 7) is 3.85. The van der Waals surface area contributed by atoms with Crippen LogP contribution in [0.5, 0.6) is 0 Å². The maximum Gasteiger partial charge on any atom is 0.224 e. The monoisotopic (exact) mass is 335 g/mol. The fraction of sp³-hybridized carbons (Fsp3) is 0.706. The first-order valence-electron chi connectivity index (χ1n) is 8.70. The highest BCUT2D eigenvalue weighted by atomic mass is 32.1. The van der Waals surface area contributed by atoms with E-state index in [2.05, 4.69) is 5.32 Å². The van der Waals surface area contributed by atoms with E-state index in [1.807, 2.05) is 18.3 Å². The Bertz CT molecular complexity index is 561. The highest BCUT2D eigenvalue weighted by Gasteiger charge is 2.29. The van der Waals surface area contributed by atoms with Crippen LogP contribution in [-0.2, 0) is 28.9 Å². The van der Waals surface area contributed by atoms with E-state index in [1.54, 1.807) is 4.90 Å². The van der Waals surface area contributed by atoms with E-state index in [4.69, 9.17) is 4.98 Å². The third-order valence-electron chi connectivity index (χ3n) is 4.78. The molecule has 6 heteroatoms. The van der Waals surface area contributed by atoms with Crippen LogP contribution in [0.3, 0.4) is 0 Å². The summed E-state index contributed by atoms with van der Waals surface area (Å²) in [6.07, 6.45) is 6.79. The van der Waals surface area contributed by atoms with Crippen LogP contribution in [0.1, 0.15) is 48.2 Å². The van der Waals surface area contributed by atoms with Gasteiger partial charge < -0.3 is 10.2 Å². The molecule has 1 saturated heterocycles. The third-order valence-corrected chi connectivity index (χ3v) is 6.00. The lowest BCUT2D eigenvalue weighted by Crippen LogP contribution is -2.45. The number of piperidine rings is 1. The molecule has 2 heterocycles. The first-order valence-corrected chi connectivity index (χ1v) is 9.52. The minimum absolute atomic E-state index is 0.0582. The molecule has 2 amide bonds. The van der Waals surface area contributed by atoms with Crippen molar-refractivity contribution in [1.82, 2.24) is 15.2 Å². The predicted molar refractivity (Wildman–Crippen MR) is 90.4 cm³/mol. The fourth-order valence-electron chi connectivity index (χ4n) is 3.38. The van der Waals surface area contributed by atoms with E-state index in [1.165, 1.54) is 29.8 Å². The second-order valence-electron chi connectivity index (χ2n) is 6.39. The normalized spacial score (nSPS) is 21.2. The minimum atomic E-state index is -0.0582. The molecule has 0 radical (unpaired) electrons. The number of thiazole rings is 1. The molecule has 1 fully saturated rings. The molecule has 1 aliphatic heterocycles. The largest absolute Gasteiger partial charge is 0.355 e. The highest BCUT2D eigenvalue weighted by Crippen LogP contribution is 2.26. The third kappa shape index (κ3) is 3.91. The van der Waals surface area contributed by atoms with Crippen LogP contribution in [0.25, 0.3) is 0 Å². The lowest BCUT2D eigenvalue weighted by molar-refractivity contribution is -0.138. The number of fused-ring (bicyclic) bond motifs is 1. The van der Waals surface area contributed by atoms with Crippen LogP contribution in [0.4, 0.5) is 0 Å². The number of nitrogens with zero attached hydrogens (tertiary/aromatic N) is 2. The molecule has 1 N–H and O–H groups in total. The van der Waals surface area contributed by atoms with Gasteiger partial charge in [0.2, 0.25) is 11.8 Å². The maximum absolute atomic E-state index is 12.3. The molecule has 1 unspecified atom stereocenters. The zero-order valence-electron chi connectivity index (χ0n) is 13.8. The molecule has 0 spiro atoms. The van der Waals surface area contributed by atoms with Gasteiger partial charge in [0, 0.05) is 37.4 Å².